The lowest BCUT2D eigenvalue weighted by atomic mass is 10.2. The fourth-order valence-electron chi connectivity index (χ4n) is 2.00. The quantitative estimate of drug-likeness (QED) is 0.692. The minimum Gasteiger partial charge on any atom is -0.460 e. The van der Waals surface area contributed by atoms with Crippen LogP contribution in [0, 0.1) is 6.92 Å². The Bertz CT molecular complexity index is 505. The van der Waals surface area contributed by atoms with Crippen molar-refractivity contribution in [3.63, 3.8) is 0 Å². The summed E-state index contributed by atoms with van der Waals surface area (Å²) in [4.78, 5) is 0. The van der Waals surface area contributed by atoms with E-state index < -0.39 is 0 Å². The highest BCUT2D eigenvalue weighted by Gasteiger charge is 2.10. The number of aromatic nitrogens is 2. The van der Waals surface area contributed by atoms with Gasteiger partial charge in [0.1, 0.15) is 11.5 Å². The van der Waals surface area contributed by atoms with E-state index in [1.54, 1.807) is 0 Å². The van der Waals surface area contributed by atoms with Crippen LogP contribution in [0.4, 0.5) is 0 Å². The zero-order chi connectivity index (χ0) is 14.2. The van der Waals surface area contributed by atoms with Crippen molar-refractivity contribution >= 4 is 0 Å². The molecule has 2 N–H and O–H groups in total. The average Bonchev–Trinajstić information content (AvgIpc) is 3.06. The Balaban J connectivity index is 1.75. The number of nitrogens with one attached hydrogen (secondary N) is 2. The maximum Gasteiger partial charge on any atom is 0.152 e. The van der Waals surface area contributed by atoms with Gasteiger partial charge in [0, 0.05) is 25.3 Å². The monoisotopic (exact) mass is 277 g/mol. The van der Waals surface area contributed by atoms with Gasteiger partial charge in [0.25, 0.3) is 0 Å². The topological polar surface area (TPSA) is 63.1 Å². The van der Waals surface area contributed by atoms with Crippen molar-refractivity contribution in [3.8, 4) is 11.5 Å². The Labute approximate surface area is 119 Å². The molecule has 2 rings (SSSR count). The second-order valence-corrected chi connectivity index (χ2v) is 4.82. The molecule has 0 aliphatic carbocycles. The predicted octanol–water partition coefficient (Wildman–Crippen LogP) is 2.88. The average molecular weight is 277 g/mol. The molecule has 5 heteroatoms. The molecule has 0 radical (unpaired) electrons. The molecule has 5 nitrogen and oxygen atoms in total. The number of ether oxygens (including phenoxy) is 1. The lowest BCUT2D eigenvalue weighted by Gasteiger charge is -2.05. The molecular weight excluding hydrogens is 254 g/mol. The summed E-state index contributed by atoms with van der Waals surface area (Å²) in [5.74, 6) is 1.74. The number of rotatable bonds is 9. The van der Waals surface area contributed by atoms with E-state index in [0.29, 0.717) is 0 Å². The summed E-state index contributed by atoms with van der Waals surface area (Å²) in [7, 11) is 0. The Hall–Kier alpha value is -1.59. The van der Waals surface area contributed by atoms with E-state index in [9.17, 15) is 0 Å². The summed E-state index contributed by atoms with van der Waals surface area (Å²) in [5, 5.41) is 10.5. The van der Waals surface area contributed by atoms with Gasteiger partial charge in [-0.1, -0.05) is 6.92 Å². The van der Waals surface area contributed by atoms with Gasteiger partial charge in [0.05, 0.1) is 6.20 Å². The first-order valence-electron chi connectivity index (χ1n) is 7.18. The van der Waals surface area contributed by atoms with Crippen molar-refractivity contribution in [2.24, 2.45) is 0 Å². The number of aromatic amines is 1. The van der Waals surface area contributed by atoms with E-state index in [1.807, 2.05) is 25.3 Å². The first kappa shape index (κ1) is 14.8. The predicted molar refractivity (Wildman–Crippen MR) is 78.5 cm³/mol. The molecule has 2 heterocycles. The van der Waals surface area contributed by atoms with Crippen LogP contribution >= 0.6 is 0 Å². The first-order valence-corrected chi connectivity index (χ1v) is 7.18. The highest BCUT2D eigenvalue weighted by Crippen LogP contribution is 2.23. The Morgan fingerprint density at radius 3 is 3.00 bits per heavy atom. The largest absolute Gasteiger partial charge is 0.460 e. The van der Waals surface area contributed by atoms with E-state index in [4.69, 9.17) is 9.15 Å². The highest BCUT2D eigenvalue weighted by atomic mass is 16.5. The SMILES string of the molecule is CCCOCCCNCc1cn[nH]c1-c1ccc(C)o1. The fourth-order valence-corrected chi connectivity index (χ4v) is 2.00. The van der Waals surface area contributed by atoms with Crippen molar-refractivity contribution in [1.29, 1.82) is 0 Å². The van der Waals surface area contributed by atoms with Crippen molar-refractivity contribution < 1.29 is 9.15 Å². The van der Waals surface area contributed by atoms with Crippen LogP contribution in [-0.2, 0) is 11.3 Å². The third-order valence-electron chi connectivity index (χ3n) is 3.01. The second-order valence-electron chi connectivity index (χ2n) is 4.82. The molecule has 0 amide bonds. The lowest BCUT2D eigenvalue weighted by Crippen LogP contribution is -2.16. The number of H-pyrrole nitrogens is 1. The zero-order valence-electron chi connectivity index (χ0n) is 12.2. The van der Waals surface area contributed by atoms with Crippen LogP contribution in [-0.4, -0.2) is 30.0 Å². The minimum atomic E-state index is 0.777. The third-order valence-corrected chi connectivity index (χ3v) is 3.01. The van der Waals surface area contributed by atoms with E-state index >= 15 is 0 Å². The Kier molecular flexibility index (Phi) is 5.83. The van der Waals surface area contributed by atoms with Crippen LogP contribution in [0.15, 0.2) is 22.7 Å². The molecule has 0 aromatic carbocycles. The van der Waals surface area contributed by atoms with E-state index in [0.717, 1.165) is 61.9 Å². The lowest BCUT2D eigenvalue weighted by molar-refractivity contribution is 0.132. The van der Waals surface area contributed by atoms with Crippen LogP contribution in [0.1, 0.15) is 31.1 Å². The molecule has 0 atom stereocenters. The smallest absolute Gasteiger partial charge is 0.152 e. The Morgan fingerprint density at radius 2 is 2.25 bits per heavy atom. The molecule has 0 unspecified atom stereocenters. The Morgan fingerprint density at radius 1 is 1.35 bits per heavy atom. The van der Waals surface area contributed by atoms with Crippen molar-refractivity contribution in [2.75, 3.05) is 19.8 Å². The minimum absolute atomic E-state index is 0.777. The normalized spacial score (nSPS) is 11.1. The summed E-state index contributed by atoms with van der Waals surface area (Å²) in [5.41, 5.74) is 2.07. The molecule has 0 saturated heterocycles. The highest BCUT2D eigenvalue weighted by molar-refractivity contribution is 5.56. The third kappa shape index (κ3) is 4.21. The van der Waals surface area contributed by atoms with Crippen molar-refractivity contribution in [2.45, 2.75) is 33.2 Å². The molecule has 0 bridgehead atoms. The van der Waals surface area contributed by atoms with E-state index in [2.05, 4.69) is 22.4 Å². The van der Waals surface area contributed by atoms with Gasteiger partial charge in [-0.3, -0.25) is 5.10 Å². The zero-order valence-corrected chi connectivity index (χ0v) is 12.2. The number of nitrogens with zero attached hydrogens (tertiary/aromatic N) is 1. The number of hydrogen-bond acceptors (Lipinski definition) is 4. The molecule has 0 spiro atoms. The van der Waals surface area contributed by atoms with Crippen molar-refractivity contribution in [3.05, 3.63) is 29.7 Å². The van der Waals surface area contributed by atoms with Gasteiger partial charge in [-0.05, 0) is 38.4 Å². The molecule has 2 aromatic heterocycles. The van der Waals surface area contributed by atoms with Crippen LogP contribution < -0.4 is 5.32 Å². The molecule has 0 aliphatic heterocycles. The molecule has 0 aliphatic rings. The van der Waals surface area contributed by atoms with Crippen LogP contribution in [0.2, 0.25) is 0 Å². The van der Waals surface area contributed by atoms with Gasteiger partial charge >= 0.3 is 0 Å². The van der Waals surface area contributed by atoms with E-state index in [-0.39, 0.29) is 0 Å². The van der Waals surface area contributed by atoms with Crippen LogP contribution in [0.3, 0.4) is 0 Å². The number of aryl methyl sites for hydroxylation is 1. The summed E-state index contributed by atoms with van der Waals surface area (Å²) in [6.07, 6.45) is 3.94. The van der Waals surface area contributed by atoms with Gasteiger partial charge in [-0.15, -0.1) is 0 Å². The standard InChI is InChI=1S/C15H23N3O2/c1-3-8-19-9-4-7-16-10-13-11-17-18-15(13)14-6-5-12(2)20-14/h5-6,11,16H,3-4,7-10H2,1-2H3,(H,17,18). The molecule has 20 heavy (non-hydrogen) atoms. The molecular formula is C15H23N3O2. The summed E-state index contributed by atoms with van der Waals surface area (Å²) < 4.78 is 11.1. The first-order chi connectivity index (χ1) is 9.81. The number of hydrogen-bond donors (Lipinski definition) is 2. The molecule has 0 saturated carbocycles. The van der Waals surface area contributed by atoms with Gasteiger partial charge < -0.3 is 14.5 Å². The number of furan rings is 1. The van der Waals surface area contributed by atoms with Gasteiger partial charge in [0.2, 0.25) is 0 Å². The molecule has 2 aromatic rings. The van der Waals surface area contributed by atoms with Crippen molar-refractivity contribution in [1.82, 2.24) is 15.5 Å². The molecule has 0 fully saturated rings. The second kappa shape index (κ2) is 7.87. The van der Waals surface area contributed by atoms with Gasteiger partial charge in [0.15, 0.2) is 5.76 Å². The van der Waals surface area contributed by atoms with Crippen LogP contribution in [0.25, 0.3) is 11.5 Å². The van der Waals surface area contributed by atoms with Crippen LogP contribution in [0.5, 0.6) is 0 Å². The van der Waals surface area contributed by atoms with Gasteiger partial charge in [-0.2, -0.15) is 5.10 Å². The van der Waals surface area contributed by atoms with Gasteiger partial charge in [-0.25, -0.2) is 0 Å². The summed E-state index contributed by atoms with van der Waals surface area (Å²) in [6.45, 7) is 7.44. The fraction of sp³-hybridized carbons (Fsp3) is 0.533. The van der Waals surface area contributed by atoms with E-state index in [1.165, 1.54) is 0 Å². The maximum absolute atomic E-state index is 5.62. The maximum atomic E-state index is 5.62. The summed E-state index contributed by atoms with van der Waals surface area (Å²) >= 11 is 0. The molecule has 110 valence electrons. The summed E-state index contributed by atoms with van der Waals surface area (Å²) in [6, 6.07) is 3.92.